The van der Waals surface area contributed by atoms with Crippen LogP contribution in [-0.4, -0.2) is 4.57 Å². The molecule has 0 amide bonds. The van der Waals surface area contributed by atoms with Gasteiger partial charge in [0.25, 0.3) is 5.82 Å². The molecule has 3 aromatic carbocycles. The number of rotatable bonds is 20. The lowest BCUT2D eigenvalue weighted by atomic mass is 9.96. The second-order valence-corrected chi connectivity index (χ2v) is 12.3. The van der Waals surface area contributed by atoms with Gasteiger partial charge in [-0.15, -0.1) is 0 Å². The lowest BCUT2D eigenvalue weighted by Gasteiger charge is -2.11. The Morgan fingerprint density at radius 2 is 1.10 bits per heavy atom. The molecule has 2 heteroatoms. The van der Waals surface area contributed by atoms with Gasteiger partial charge in [0, 0.05) is 6.42 Å². The Bertz CT molecular complexity index is 1240. The first-order chi connectivity index (χ1) is 20.8. The fourth-order valence-electron chi connectivity index (χ4n) is 6.31. The van der Waals surface area contributed by atoms with Crippen LogP contribution in [0.2, 0.25) is 0 Å². The molecule has 0 spiro atoms. The summed E-state index contributed by atoms with van der Waals surface area (Å²) in [5.74, 6) is 1.85. The van der Waals surface area contributed by atoms with Crippen LogP contribution in [0.25, 0.3) is 5.69 Å². The number of para-hydroxylation sites is 1. The van der Waals surface area contributed by atoms with Gasteiger partial charge in [-0.2, -0.15) is 4.57 Å². The molecule has 1 heterocycles. The molecule has 0 radical (unpaired) electrons. The smallest absolute Gasteiger partial charge is 0.233 e. The van der Waals surface area contributed by atoms with E-state index in [1.54, 1.807) is 0 Å². The van der Waals surface area contributed by atoms with E-state index in [1.807, 2.05) is 0 Å². The van der Waals surface area contributed by atoms with Gasteiger partial charge in [-0.25, -0.2) is 4.57 Å². The SMILES string of the molecule is CCCCCCCCCCCCCCC[n+]1cc(CC(C)c2ccccc2)n(-c2ccccc2)c1Cc1ccccc1. The number of nitrogens with zero attached hydrogens (tertiary/aromatic N) is 2. The molecule has 0 fully saturated rings. The van der Waals surface area contributed by atoms with Crippen molar-refractivity contribution in [3.05, 3.63) is 120 Å². The number of aromatic nitrogens is 2. The summed E-state index contributed by atoms with van der Waals surface area (Å²) in [6.07, 6.45) is 22.5. The minimum Gasteiger partial charge on any atom is -0.233 e. The van der Waals surface area contributed by atoms with Crippen LogP contribution in [0.3, 0.4) is 0 Å². The number of unbranched alkanes of at least 4 members (excludes halogenated alkanes) is 12. The third kappa shape index (κ3) is 10.3. The van der Waals surface area contributed by atoms with Crippen molar-refractivity contribution in [2.24, 2.45) is 0 Å². The van der Waals surface area contributed by atoms with E-state index < -0.39 is 0 Å². The van der Waals surface area contributed by atoms with Gasteiger partial charge in [-0.05, 0) is 42.0 Å². The zero-order valence-electron chi connectivity index (χ0n) is 26.5. The topological polar surface area (TPSA) is 8.81 Å². The summed E-state index contributed by atoms with van der Waals surface area (Å²) >= 11 is 0. The molecule has 0 saturated carbocycles. The summed E-state index contributed by atoms with van der Waals surface area (Å²) in [4.78, 5) is 0. The second-order valence-electron chi connectivity index (χ2n) is 12.3. The van der Waals surface area contributed by atoms with E-state index in [-0.39, 0.29) is 0 Å². The van der Waals surface area contributed by atoms with Gasteiger partial charge in [0.15, 0.2) is 0 Å². The molecule has 4 rings (SSSR count). The van der Waals surface area contributed by atoms with Crippen molar-refractivity contribution in [3.8, 4) is 5.69 Å². The first-order valence-electron chi connectivity index (χ1n) is 17.0. The van der Waals surface area contributed by atoms with E-state index in [1.165, 1.54) is 112 Å². The molecule has 1 aromatic heterocycles. The highest BCUT2D eigenvalue weighted by molar-refractivity contribution is 5.36. The predicted octanol–water partition coefficient (Wildman–Crippen LogP) is 10.8. The maximum atomic E-state index is 2.57. The average Bonchev–Trinajstić information content (AvgIpc) is 3.36. The molecule has 2 nitrogen and oxygen atoms in total. The maximum Gasteiger partial charge on any atom is 0.266 e. The van der Waals surface area contributed by atoms with E-state index in [0.29, 0.717) is 5.92 Å². The molecule has 4 aromatic rings. The normalized spacial score (nSPS) is 12.0. The monoisotopic (exact) mass is 563 g/mol. The largest absolute Gasteiger partial charge is 0.266 e. The van der Waals surface area contributed by atoms with Crippen molar-refractivity contribution in [2.75, 3.05) is 0 Å². The number of imidazole rings is 1. The summed E-state index contributed by atoms with van der Waals surface area (Å²) in [5.41, 5.74) is 5.45. The zero-order chi connectivity index (χ0) is 29.2. The molecule has 1 unspecified atom stereocenters. The van der Waals surface area contributed by atoms with Crippen molar-refractivity contribution in [1.82, 2.24) is 4.57 Å². The highest BCUT2D eigenvalue weighted by Crippen LogP contribution is 2.24. The first-order valence-corrected chi connectivity index (χ1v) is 17.0. The van der Waals surface area contributed by atoms with Crippen LogP contribution in [0.15, 0.2) is 97.2 Å². The summed E-state index contributed by atoms with van der Waals surface area (Å²) < 4.78 is 5.13. The molecule has 0 aliphatic heterocycles. The number of aryl methyl sites for hydroxylation is 1. The lowest BCUT2D eigenvalue weighted by molar-refractivity contribution is -0.703. The molecule has 224 valence electrons. The fourth-order valence-corrected chi connectivity index (χ4v) is 6.31. The lowest BCUT2D eigenvalue weighted by Crippen LogP contribution is -2.37. The van der Waals surface area contributed by atoms with Crippen LogP contribution >= 0.6 is 0 Å². The Morgan fingerprint density at radius 1 is 0.595 bits per heavy atom. The van der Waals surface area contributed by atoms with E-state index in [0.717, 1.165) is 19.4 Å². The zero-order valence-corrected chi connectivity index (χ0v) is 26.5. The van der Waals surface area contributed by atoms with Crippen molar-refractivity contribution in [2.45, 2.75) is 123 Å². The molecule has 0 aliphatic rings. The highest BCUT2D eigenvalue weighted by Gasteiger charge is 2.26. The molecule has 0 N–H and O–H groups in total. The third-order valence-electron chi connectivity index (χ3n) is 8.79. The Morgan fingerprint density at radius 3 is 1.67 bits per heavy atom. The molecular formula is C40H55N2+. The van der Waals surface area contributed by atoms with Gasteiger partial charge in [0.1, 0.15) is 17.6 Å². The highest BCUT2D eigenvalue weighted by atomic mass is 15.2. The fraction of sp³-hybridized carbons (Fsp3) is 0.475. The molecule has 0 bridgehead atoms. The Labute approximate surface area is 256 Å². The Kier molecular flexibility index (Phi) is 13.9. The molecule has 1 atom stereocenters. The van der Waals surface area contributed by atoms with E-state index in [9.17, 15) is 0 Å². The maximum absolute atomic E-state index is 2.57. The number of hydrogen-bond donors (Lipinski definition) is 0. The minimum absolute atomic E-state index is 0.456. The van der Waals surface area contributed by atoms with Gasteiger partial charge >= 0.3 is 0 Å². The van der Waals surface area contributed by atoms with Crippen LogP contribution in [-0.2, 0) is 19.4 Å². The second kappa shape index (κ2) is 18.4. The summed E-state index contributed by atoms with van der Waals surface area (Å²) in [5, 5.41) is 0. The van der Waals surface area contributed by atoms with E-state index in [4.69, 9.17) is 0 Å². The van der Waals surface area contributed by atoms with Crippen molar-refractivity contribution in [1.29, 1.82) is 0 Å². The van der Waals surface area contributed by atoms with Crippen molar-refractivity contribution < 1.29 is 4.57 Å². The van der Waals surface area contributed by atoms with Gasteiger partial charge in [0.05, 0.1) is 13.0 Å². The standard InChI is InChI=1S/C40H55N2/c1-3-4-5-6-7-8-9-10-11-12-13-14-24-31-41-34-39(32-35(2)37-27-20-16-21-28-37)42(38-29-22-17-23-30-38)40(41)33-36-25-18-15-19-26-36/h15-23,25-30,34-35H,3-14,24,31-33H2,1-2H3/q+1. The number of hydrogen-bond acceptors (Lipinski definition) is 0. The van der Waals surface area contributed by atoms with Gasteiger partial charge < -0.3 is 0 Å². The summed E-state index contributed by atoms with van der Waals surface area (Å²) in [6.45, 7) is 5.76. The Hall–Kier alpha value is -3.13. The molecule has 0 saturated heterocycles. The quantitative estimate of drug-likeness (QED) is 0.0747. The van der Waals surface area contributed by atoms with Gasteiger partial charge in [0.2, 0.25) is 0 Å². The predicted molar refractivity (Wildman–Crippen MR) is 179 cm³/mol. The van der Waals surface area contributed by atoms with Crippen LogP contribution < -0.4 is 4.57 Å². The van der Waals surface area contributed by atoms with Crippen molar-refractivity contribution in [3.63, 3.8) is 0 Å². The van der Waals surface area contributed by atoms with Crippen molar-refractivity contribution >= 4 is 0 Å². The van der Waals surface area contributed by atoms with Crippen LogP contribution in [0.5, 0.6) is 0 Å². The van der Waals surface area contributed by atoms with Gasteiger partial charge in [-0.1, -0.05) is 163 Å². The van der Waals surface area contributed by atoms with Gasteiger partial charge in [-0.3, -0.25) is 0 Å². The van der Waals surface area contributed by atoms with Crippen LogP contribution in [0, 0.1) is 0 Å². The first kappa shape index (κ1) is 31.8. The summed E-state index contributed by atoms with van der Waals surface area (Å²) in [7, 11) is 0. The molecule has 0 aliphatic carbocycles. The Balaban J connectivity index is 1.40. The minimum atomic E-state index is 0.456. The summed E-state index contributed by atoms with van der Waals surface area (Å²) in [6, 6.07) is 33.0. The number of benzene rings is 3. The van der Waals surface area contributed by atoms with Crippen LogP contribution in [0.1, 0.15) is 126 Å². The van der Waals surface area contributed by atoms with Crippen LogP contribution in [0.4, 0.5) is 0 Å². The third-order valence-corrected chi connectivity index (χ3v) is 8.79. The van der Waals surface area contributed by atoms with E-state index in [2.05, 4.69) is 120 Å². The average molecular weight is 564 g/mol. The van der Waals surface area contributed by atoms with E-state index >= 15 is 0 Å². The molecular weight excluding hydrogens is 508 g/mol. The molecule has 42 heavy (non-hydrogen) atoms.